The molecule has 9 heteroatoms. The van der Waals surface area contributed by atoms with Crippen molar-refractivity contribution in [2.75, 3.05) is 19.1 Å². The number of Topliss-reactive ketones (excluding diaryl/α,β-unsaturated/α-hetero) is 1. The second-order valence-corrected chi connectivity index (χ2v) is 8.58. The summed E-state index contributed by atoms with van der Waals surface area (Å²) in [6.07, 6.45) is 0. The first-order valence-electron chi connectivity index (χ1n) is 10.00. The van der Waals surface area contributed by atoms with Crippen LogP contribution >= 0.6 is 11.3 Å². The Balaban J connectivity index is 2.02. The van der Waals surface area contributed by atoms with E-state index in [2.05, 4.69) is 4.98 Å². The minimum Gasteiger partial charge on any atom is -0.507 e. The quantitative estimate of drug-likeness (QED) is 0.336. The molecular weight excluding hydrogens is 447 g/mol. The number of hydrogen-bond acceptors (Lipinski definition) is 7. The second kappa shape index (κ2) is 8.67. The molecule has 0 spiro atoms. The Morgan fingerprint density at radius 3 is 2.36 bits per heavy atom. The summed E-state index contributed by atoms with van der Waals surface area (Å²) < 4.78 is 24.4. The van der Waals surface area contributed by atoms with Crippen LogP contribution in [0.2, 0.25) is 0 Å². The zero-order valence-electron chi connectivity index (χ0n) is 18.4. The molecule has 1 amide bonds. The Morgan fingerprint density at radius 1 is 1.09 bits per heavy atom. The first-order valence-corrected chi connectivity index (χ1v) is 10.8. The number of aromatic nitrogens is 1. The van der Waals surface area contributed by atoms with Gasteiger partial charge >= 0.3 is 5.91 Å². The average Bonchev–Trinajstić information content (AvgIpc) is 3.28. The van der Waals surface area contributed by atoms with Crippen LogP contribution in [0.1, 0.15) is 27.7 Å². The fourth-order valence-corrected chi connectivity index (χ4v) is 4.71. The number of amides is 1. The van der Waals surface area contributed by atoms with E-state index in [4.69, 9.17) is 9.47 Å². The number of aliphatic hydroxyl groups is 1. The van der Waals surface area contributed by atoms with Gasteiger partial charge in [0.25, 0.3) is 5.78 Å². The molecule has 0 radical (unpaired) electrons. The topological polar surface area (TPSA) is 89.0 Å². The number of hydrogen-bond donors (Lipinski definition) is 1. The van der Waals surface area contributed by atoms with Gasteiger partial charge in [0.05, 0.1) is 25.5 Å². The van der Waals surface area contributed by atoms with Crippen molar-refractivity contribution in [1.82, 2.24) is 4.98 Å². The first kappa shape index (κ1) is 22.5. The number of aryl methyl sites for hydroxylation is 2. The molecule has 1 aliphatic rings. The molecule has 1 N–H and O–H groups in total. The molecule has 2 heterocycles. The van der Waals surface area contributed by atoms with Gasteiger partial charge in [-0.25, -0.2) is 9.37 Å². The molecule has 0 bridgehead atoms. The Kier molecular flexibility index (Phi) is 5.90. The number of para-hydroxylation sites is 1. The molecule has 170 valence electrons. The van der Waals surface area contributed by atoms with Crippen LogP contribution in [0.5, 0.6) is 11.5 Å². The maximum atomic E-state index is 13.4. The van der Waals surface area contributed by atoms with Crippen LogP contribution in [0.3, 0.4) is 0 Å². The fourth-order valence-electron chi connectivity index (χ4n) is 3.77. The van der Waals surface area contributed by atoms with Crippen LogP contribution in [-0.4, -0.2) is 36.0 Å². The number of anilines is 1. The summed E-state index contributed by atoms with van der Waals surface area (Å²) in [7, 11) is 2.93. The van der Waals surface area contributed by atoms with Crippen molar-refractivity contribution in [2.24, 2.45) is 0 Å². The first-order chi connectivity index (χ1) is 15.8. The van der Waals surface area contributed by atoms with Crippen LogP contribution in [-0.2, 0) is 9.59 Å². The van der Waals surface area contributed by atoms with Crippen molar-refractivity contribution in [2.45, 2.75) is 19.9 Å². The number of methoxy groups -OCH3 is 2. The van der Waals surface area contributed by atoms with E-state index in [-0.39, 0.29) is 11.1 Å². The van der Waals surface area contributed by atoms with Gasteiger partial charge in [-0.15, -0.1) is 11.3 Å². The SMILES string of the molecule is COc1cccc([C@H]2/C(=C(\O)c3ccc(F)cc3)C(=O)C(=O)N2c2nc(C)c(C)s2)c1OC. The molecule has 33 heavy (non-hydrogen) atoms. The van der Waals surface area contributed by atoms with E-state index in [1.807, 2.05) is 13.8 Å². The summed E-state index contributed by atoms with van der Waals surface area (Å²) >= 11 is 1.27. The van der Waals surface area contributed by atoms with Crippen LogP contribution in [0.25, 0.3) is 5.76 Å². The van der Waals surface area contributed by atoms with E-state index >= 15 is 0 Å². The molecule has 1 atom stereocenters. The molecule has 1 aliphatic heterocycles. The minimum atomic E-state index is -1.04. The van der Waals surface area contributed by atoms with Gasteiger partial charge in [0.2, 0.25) is 0 Å². The third-order valence-electron chi connectivity index (χ3n) is 5.51. The monoisotopic (exact) mass is 468 g/mol. The van der Waals surface area contributed by atoms with Gasteiger partial charge in [-0.3, -0.25) is 14.5 Å². The van der Waals surface area contributed by atoms with Crippen molar-refractivity contribution in [3.8, 4) is 11.5 Å². The summed E-state index contributed by atoms with van der Waals surface area (Å²) in [5.41, 5.74) is 1.22. The van der Waals surface area contributed by atoms with Gasteiger partial charge in [0.15, 0.2) is 16.6 Å². The van der Waals surface area contributed by atoms with Crippen molar-refractivity contribution >= 4 is 33.9 Å². The molecular formula is C24H21FN2O5S. The number of aliphatic hydroxyl groups excluding tert-OH is 1. The highest BCUT2D eigenvalue weighted by Gasteiger charge is 2.49. The number of ether oxygens (including phenoxy) is 2. The summed E-state index contributed by atoms with van der Waals surface area (Å²) in [4.78, 5) is 33.1. The number of benzene rings is 2. The fraction of sp³-hybridized carbons (Fsp3) is 0.208. The summed E-state index contributed by atoms with van der Waals surface area (Å²) in [6, 6.07) is 9.06. The number of ketones is 1. The van der Waals surface area contributed by atoms with Gasteiger partial charge < -0.3 is 14.6 Å². The number of thiazole rings is 1. The lowest BCUT2D eigenvalue weighted by Gasteiger charge is -2.25. The Hall–Kier alpha value is -3.72. The van der Waals surface area contributed by atoms with E-state index in [0.29, 0.717) is 22.2 Å². The van der Waals surface area contributed by atoms with Crippen molar-refractivity contribution in [3.05, 3.63) is 75.6 Å². The molecule has 1 saturated heterocycles. The standard InChI is InChI=1S/C24H21FN2O5S/c1-12-13(2)33-24(26-12)27-19(16-6-5-7-17(31-3)22(16)32-4)18(21(29)23(27)30)20(28)14-8-10-15(25)11-9-14/h5-11,19,28H,1-4H3/b20-18+/t19-/m0/s1. The minimum absolute atomic E-state index is 0.149. The molecule has 1 fully saturated rings. The molecule has 2 aromatic carbocycles. The van der Waals surface area contributed by atoms with Crippen LogP contribution in [0.4, 0.5) is 9.52 Å². The second-order valence-electron chi connectivity index (χ2n) is 7.40. The van der Waals surface area contributed by atoms with Gasteiger partial charge in [0, 0.05) is 16.0 Å². The Morgan fingerprint density at radius 2 is 1.79 bits per heavy atom. The highest BCUT2D eigenvalue weighted by atomic mass is 32.1. The number of nitrogens with zero attached hydrogens (tertiary/aromatic N) is 2. The van der Waals surface area contributed by atoms with E-state index < -0.39 is 29.3 Å². The maximum Gasteiger partial charge on any atom is 0.301 e. The molecule has 7 nitrogen and oxygen atoms in total. The molecule has 4 rings (SSSR count). The lowest BCUT2D eigenvalue weighted by Crippen LogP contribution is -2.29. The lowest BCUT2D eigenvalue weighted by molar-refractivity contribution is -0.132. The summed E-state index contributed by atoms with van der Waals surface area (Å²) in [5.74, 6) is -1.91. The largest absolute Gasteiger partial charge is 0.507 e. The normalized spacial score (nSPS) is 17.5. The third-order valence-corrected chi connectivity index (χ3v) is 6.59. The molecule has 0 unspecified atom stereocenters. The van der Waals surface area contributed by atoms with Gasteiger partial charge in [0.1, 0.15) is 17.6 Å². The Labute approximate surface area is 193 Å². The van der Waals surface area contributed by atoms with Gasteiger partial charge in [-0.2, -0.15) is 0 Å². The average molecular weight is 469 g/mol. The maximum absolute atomic E-state index is 13.4. The number of carbonyl (C=O) groups is 2. The van der Waals surface area contributed by atoms with Crippen molar-refractivity contribution < 1.29 is 28.6 Å². The Bertz CT molecular complexity index is 1260. The van der Waals surface area contributed by atoms with Gasteiger partial charge in [-0.05, 0) is 44.2 Å². The number of halogens is 1. The molecule has 0 saturated carbocycles. The van der Waals surface area contributed by atoms with Crippen LogP contribution in [0, 0.1) is 19.7 Å². The van der Waals surface area contributed by atoms with E-state index in [0.717, 1.165) is 10.6 Å². The van der Waals surface area contributed by atoms with Crippen molar-refractivity contribution in [1.29, 1.82) is 0 Å². The number of rotatable bonds is 5. The predicted octanol–water partition coefficient (Wildman–Crippen LogP) is 4.54. The zero-order valence-corrected chi connectivity index (χ0v) is 19.2. The molecule has 3 aromatic rings. The zero-order chi connectivity index (χ0) is 23.9. The highest BCUT2D eigenvalue weighted by Crippen LogP contribution is 2.48. The third kappa shape index (κ3) is 3.74. The highest BCUT2D eigenvalue weighted by molar-refractivity contribution is 7.16. The summed E-state index contributed by atoms with van der Waals surface area (Å²) in [5, 5.41) is 11.4. The van der Waals surface area contributed by atoms with Crippen molar-refractivity contribution in [3.63, 3.8) is 0 Å². The van der Waals surface area contributed by atoms with E-state index in [9.17, 15) is 19.1 Å². The smallest absolute Gasteiger partial charge is 0.301 e. The van der Waals surface area contributed by atoms with Crippen LogP contribution in [0.15, 0.2) is 48.0 Å². The lowest BCUT2D eigenvalue weighted by atomic mass is 9.94. The van der Waals surface area contributed by atoms with Gasteiger partial charge in [-0.1, -0.05) is 12.1 Å². The predicted molar refractivity (Wildman–Crippen MR) is 122 cm³/mol. The molecule has 1 aromatic heterocycles. The number of carbonyl (C=O) groups excluding carboxylic acids is 2. The van der Waals surface area contributed by atoms with E-state index in [1.165, 1.54) is 54.7 Å². The summed E-state index contributed by atoms with van der Waals surface area (Å²) in [6.45, 7) is 3.68. The van der Waals surface area contributed by atoms with Crippen LogP contribution < -0.4 is 14.4 Å². The molecule has 0 aliphatic carbocycles. The van der Waals surface area contributed by atoms with E-state index in [1.54, 1.807) is 18.2 Å².